The zero-order valence-electron chi connectivity index (χ0n) is 55.0. The van der Waals surface area contributed by atoms with Crippen LogP contribution >= 0.6 is 0 Å². The molecule has 0 spiro atoms. The largest absolute Gasteiger partial charge is 0.478 e. The number of H-pyrrole nitrogens is 2. The highest BCUT2D eigenvalue weighted by Crippen LogP contribution is 2.33. The molecule has 0 amide bonds. The van der Waals surface area contributed by atoms with Gasteiger partial charge < -0.3 is 14.8 Å². The van der Waals surface area contributed by atoms with E-state index >= 15 is 0 Å². The van der Waals surface area contributed by atoms with Crippen molar-refractivity contribution < 1.29 is 19.4 Å². The minimum absolute atomic E-state index is 0. The van der Waals surface area contributed by atoms with Crippen LogP contribution in [0.3, 0.4) is 0 Å². The lowest BCUT2D eigenvalue weighted by Crippen LogP contribution is -2.15. The Labute approximate surface area is 525 Å². The zero-order valence-corrected chi connectivity index (χ0v) is 55.0. The maximum absolute atomic E-state index is 11.4. The summed E-state index contributed by atoms with van der Waals surface area (Å²) < 4.78 is 6.59. The van der Waals surface area contributed by atoms with Crippen LogP contribution in [0.15, 0.2) is 164 Å². The Hall–Kier alpha value is -8.44. The lowest BCUT2D eigenvalue weighted by molar-refractivity contribution is 0.0599. The number of ether oxygens (including phenoxy) is 1. The van der Waals surface area contributed by atoms with E-state index in [0.717, 1.165) is 44.5 Å². The van der Waals surface area contributed by atoms with Crippen molar-refractivity contribution in [1.29, 1.82) is 0 Å². The number of carbonyl (C=O) groups excluding carboxylic acids is 1. The predicted molar refractivity (Wildman–Crippen MR) is 373 cm³/mol. The SMILES string of the molecule is C.C.CC(C)(C)c1cc(C(=O)O)c2cc[nH]c2c1.CC(C)(C)c1cccc2ccccc12.CC(C)(C)c1cccc2ncccc12.CC(C)(C)c1cnc2cccnn12.COC(=O)c1ccc(C)c(C(C)(C)C)c1.Cc1[nH]nc2ccc(C(C)(C)C)cc12. The van der Waals surface area contributed by atoms with E-state index in [0.29, 0.717) is 11.1 Å². The molecule has 0 saturated carbocycles. The maximum Gasteiger partial charge on any atom is 0.337 e. The molecule has 11 aromatic rings. The minimum atomic E-state index is -0.879. The van der Waals surface area contributed by atoms with E-state index in [1.807, 2.05) is 53.3 Å². The van der Waals surface area contributed by atoms with E-state index in [1.165, 1.54) is 56.5 Å². The Balaban J connectivity index is 0.000000225. The number of nitrogens with zero attached hydrogens (tertiary/aromatic N) is 5. The van der Waals surface area contributed by atoms with Crippen molar-refractivity contribution in [2.24, 2.45) is 0 Å². The highest BCUT2D eigenvalue weighted by atomic mass is 16.5. The van der Waals surface area contributed by atoms with Crippen LogP contribution in [0.2, 0.25) is 0 Å². The molecule has 11 nitrogen and oxygen atoms in total. The molecule has 0 radical (unpaired) electrons. The molecule has 5 heterocycles. The molecular weight excluding hydrogens is 1090 g/mol. The Bertz CT molecular complexity index is 3980. The number of aromatic nitrogens is 7. The Kier molecular flexibility index (Phi) is 23.8. The third kappa shape index (κ3) is 18.5. The van der Waals surface area contributed by atoms with Gasteiger partial charge in [-0.3, -0.25) is 10.1 Å². The molecule has 468 valence electrons. The summed E-state index contributed by atoms with van der Waals surface area (Å²) in [6.07, 6.45) is 7.28. The van der Waals surface area contributed by atoms with Gasteiger partial charge in [-0.1, -0.05) is 212 Å². The lowest BCUT2D eigenvalue weighted by atomic mass is 9.83. The Morgan fingerprint density at radius 1 is 0.511 bits per heavy atom. The number of imidazole rings is 1. The molecule has 5 aromatic heterocycles. The second kappa shape index (κ2) is 29.0. The number of aromatic carboxylic acids is 1. The van der Waals surface area contributed by atoms with Crippen molar-refractivity contribution >= 4 is 61.1 Å². The molecule has 0 fully saturated rings. The number of nitrogens with one attached hydrogen (secondary N) is 2. The van der Waals surface area contributed by atoms with Crippen LogP contribution in [0.1, 0.15) is 205 Å². The van der Waals surface area contributed by atoms with Crippen molar-refractivity contribution in [2.75, 3.05) is 7.11 Å². The first-order valence-corrected chi connectivity index (χ1v) is 29.6. The van der Waals surface area contributed by atoms with Crippen LogP contribution in [0, 0.1) is 13.8 Å². The molecule has 3 N–H and O–H groups in total. The summed E-state index contributed by atoms with van der Waals surface area (Å²) in [7, 11) is 1.40. The number of rotatable bonds is 2. The first kappa shape index (κ1) is 72.0. The summed E-state index contributed by atoms with van der Waals surface area (Å²) in [6, 6.07) is 47.2. The van der Waals surface area contributed by atoms with E-state index < -0.39 is 5.97 Å². The average Bonchev–Trinajstić information content (AvgIpc) is 2.56. The van der Waals surface area contributed by atoms with Gasteiger partial charge in [0, 0.05) is 51.4 Å². The van der Waals surface area contributed by atoms with Gasteiger partial charge in [-0.05, 0) is 152 Å². The average molecular weight is 1190 g/mol. The topological polar surface area (TPSA) is 151 Å². The van der Waals surface area contributed by atoms with E-state index in [2.05, 4.69) is 254 Å². The fourth-order valence-corrected chi connectivity index (χ4v) is 10.0. The number of hydrogen-bond acceptors (Lipinski definition) is 7. The number of benzene rings is 6. The predicted octanol–water partition coefficient (Wildman–Crippen LogP) is 20.4. The molecule has 11 rings (SSSR count). The second-order valence-electron chi connectivity index (χ2n) is 28.2. The van der Waals surface area contributed by atoms with Gasteiger partial charge in [0.2, 0.25) is 0 Å². The number of carbonyl (C=O) groups is 2. The van der Waals surface area contributed by atoms with E-state index in [4.69, 9.17) is 4.74 Å². The smallest absolute Gasteiger partial charge is 0.337 e. The molecule has 11 heteroatoms. The molecule has 0 aliphatic rings. The minimum Gasteiger partial charge on any atom is -0.478 e. The number of aromatic amines is 2. The quantitative estimate of drug-likeness (QED) is 0.145. The number of esters is 1. The summed E-state index contributed by atoms with van der Waals surface area (Å²) in [5.41, 5.74) is 15.5. The Morgan fingerprint density at radius 2 is 1.10 bits per heavy atom. The van der Waals surface area contributed by atoms with E-state index in [-0.39, 0.29) is 53.3 Å². The fraction of sp³-hybridized carbons (Fsp3) is 0.377. The van der Waals surface area contributed by atoms with Gasteiger partial charge in [-0.25, -0.2) is 19.1 Å². The third-order valence-electron chi connectivity index (χ3n) is 14.9. The van der Waals surface area contributed by atoms with Crippen LogP contribution in [0.4, 0.5) is 0 Å². The van der Waals surface area contributed by atoms with Gasteiger partial charge in [0.15, 0.2) is 5.65 Å². The normalized spacial score (nSPS) is 11.6. The van der Waals surface area contributed by atoms with Gasteiger partial charge in [0.1, 0.15) is 0 Å². The molecule has 0 atom stereocenters. The van der Waals surface area contributed by atoms with Crippen LogP contribution in [-0.4, -0.2) is 58.9 Å². The highest BCUT2D eigenvalue weighted by molar-refractivity contribution is 6.03. The summed E-state index contributed by atoms with van der Waals surface area (Å²) >= 11 is 0. The van der Waals surface area contributed by atoms with Crippen molar-refractivity contribution in [3.63, 3.8) is 0 Å². The first-order valence-electron chi connectivity index (χ1n) is 29.6. The molecular formula is C77H101N7O4. The van der Waals surface area contributed by atoms with Crippen molar-refractivity contribution in [3.05, 3.63) is 220 Å². The number of pyridine rings is 1. The number of methoxy groups -OCH3 is 1. The van der Waals surface area contributed by atoms with Crippen LogP contribution in [0.5, 0.6) is 0 Å². The molecule has 6 aromatic carbocycles. The van der Waals surface area contributed by atoms with E-state index in [1.54, 1.807) is 30.6 Å². The lowest BCUT2D eigenvalue weighted by Gasteiger charge is -2.22. The van der Waals surface area contributed by atoms with Crippen molar-refractivity contribution in [2.45, 2.75) is 186 Å². The summed E-state index contributed by atoms with van der Waals surface area (Å²) in [5, 5.41) is 26.6. The van der Waals surface area contributed by atoms with Crippen LogP contribution in [0.25, 0.3) is 49.1 Å². The van der Waals surface area contributed by atoms with Crippen LogP contribution in [-0.2, 0) is 37.2 Å². The highest BCUT2D eigenvalue weighted by Gasteiger charge is 2.22. The van der Waals surface area contributed by atoms with Crippen molar-refractivity contribution in [1.82, 2.24) is 34.8 Å². The number of carboxylic acid groups (broad SMARTS) is 1. The molecule has 0 bridgehead atoms. The molecule has 0 aliphatic carbocycles. The Morgan fingerprint density at radius 3 is 1.70 bits per heavy atom. The number of aryl methyl sites for hydroxylation is 2. The third-order valence-corrected chi connectivity index (χ3v) is 14.9. The zero-order chi connectivity index (χ0) is 63.7. The van der Waals surface area contributed by atoms with Gasteiger partial charge in [0.25, 0.3) is 0 Å². The van der Waals surface area contributed by atoms with Gasteiger partial charge in [-0.2, -0.15) is 10.2 Å². The van der Waals surface area contributed by atoms with E-state index in [9.17, 15) is 14.7 Å². The van der Waals surface area contributed by atoms with Crippen LogP contribution < -0.4 is 0 Å². The molecule has 0 unspecified atom stereocenters. The number of fused-ring (bicyclic) bond motifs is 5. The molecule has 0 saturated heterocycles. The fourth-order valence-electron chi connectivity index (χ4n) is 10.0. The summed E-state index contributed by atoms with van der Waals surface area (Å²) in [6.45, 7) is 43.4. The standard InChI is InChI=1S/C14H16.C13H15NO2.C13H15N.C13H18O2.C12H16N2.C10H13N3.2CH4/c1-14(2,3)13-10-6-8-11-7-4-5-9-12(11)13;1-13(2,3)8-6-10(12(15)16)9-4-5-14-11(9)7-8;1-13(2,3)11-7-4-8-12-10(11)6-5-9-14-12;1-9-6-7-10(12(14)15-5)8-11(9)13(2,3)4;1-8-10-7-9(12(2,3)4)5-6-11(10)14-13-8;1-10(2,3)8-7-11-9-5-4-6-12-13(8)9;;/h4-10H,1-3H3;4-7,14H,1-3H3,(H,15,16);4-9H,1-3H3;6-8H,1-5H3;5-7H,1-4H3,(H,13,14);4-7H,1-3H3;2*1H4. The second-order valence-corrected chi connectivity index (χ2v) is 28.2. The first-order chi connectivity index (χ1) is 40.0. The molecule has 0 aliphatic heterocycles. The number of hydrogen-bond donors (Lipinski definition) is 3. The maximum atomic E-state index is 11.4. The van der Waals surface area contributed by atoms with Gasteiger partial charge in [-0.15, -0.1) is 0 Å². The summed E-state index contributed by atoms with van der Waals surface area (Å²) in [4.78, 5) is 34.3. The monoisotopic (exact) mass is 1190 g/mol. The number of carboxylic acids is 1. The summed E-state index contributed by atoms with van der Waals surface area (Å²) in [5.74, 6) is -1.16. The molecule has 88 heavy (non-hydrogen) atoms. The van der Waals surface area contributed by atoms with Gasteiger partial charge >= 0.3 is 11.9 Å². The van der Waals surface area contributed by atoms with Gasteiger partial charge in [0.05, 0.1) is 41.2 Å². The van der Waals surface area contributed by atoms with Crippen molar-refractivity contribution in [3.8, 4) is 0 Å².